The largest absolute Gasteiger partial charge is 0.355 e. The van der Waals surface area contributed by atoms with Crippen LogP contribution in [0.5, 0.6) is 0 Å². The Morgan fingerprint density at radius 1 is 0.919 bits per heavy atom. The molecule has 0 aromatic heterocycles. The summed E-state index contributed by atoms with van der Waals surface area (Å²) in [5.41, 5.74) is 2.34. The summed E-state index contributed by atoms with van der Waals surface area (Å²) in [6.45, 7) is 6.59. The number of nitrogens with zero attached hydrogens (tertiary/aromatic N) is 2. The summed E-state index contributed by atoms with van der Waals surface area (Å²) in [7, 11) is -4.14. The Bertz CT molecular complexity index is 1340. The van der Waals surface area contributed by atoms with Crippen LogP contribution in [0.25, 0.3) is 0 Å². The maximum atomic E-state index is 14.5. The Morgan fingerprint density at radius 3 is 2.05 bits per heavy atom. The lowest BCUT2D eigenvalue weighted by molar-refractivity contribution is -0.139. The van der Waals surface area contributed by atoms with E-state index in [1.807, 2.05) is 13.8 Å². The number of anilines is 1. The van der Waals surface area contributed by atoms with E-state index in [0.717, 1.165) is 15.4 Å². The lowest BCUT2D eigenvalue weighted by atomic mass is 10.1. The number of amides is 2. The molecule has 0 fully saturated rings. The first-order valence-electron chi connectivity index (χ1n) is 12.0. The van der Waals surface area contributed by atoms with Gasteiger partial charge in [-0.15, -0.1) is 0 Å². The van der Waals surface area contributed by atoms with E-state index in [4.69, 9.17) is 0 Å². The van der Waals surface area contributed by atoms with Gasteiger partial charge in [0.15, 0.2) is 0 Å². The Balaban J connectivity index is 2.03. The molecule has 2 amide bonds. The summed E-state index contributed by atoms with van der Waals surface area (Å²) < 4.78 is 43.0. The van der Waals surface area contributed by atoms with Crippen LogP contribution in [-0.2, 0) is 26.2 Å². The molecule has 7 nitrogen and oxygen atoms in total. The molecule has 0 aliphatic carbocycles. The average molecular weight is 526 g/mol. The van der Waals surface area contributed by atoms with Gasteiger partial charge in [-0.1, -0.05) is 53.6 Å². The second kappa shape index (κ2) is 12.0. The molecule has 0 saturated carbocycles. The number of benzene rings is 3. The summed E-state index contributed by atoms with van der Waals surface area (Å²) in [6, 6.07) is 18.1. The maximum absolute atomic E-state index is 14.5. The van der Waals surface area contributed by atoms with Crippen LogP contribution in [0.2, 0.25) is 0 Å². The van der Waals surface area contributed by atoms with Crippen molar-refractivity contribution in [2.45, 2.75) is 45.2 Å². The molecule has 0 unspecified atom stereocenters. The third kappa shape index (κ3) is 6.74. The first-order valence-corrected chi connectivity index (χ1v) is 13.4. The van der Waals surface area contributed by atoms with Gasteiger partial charge >= 0.3 is 0 Å². The van der Waals surface area contributed by atoms with Gasteiger partial charge in [-0.05, 0) is 58.0 Å². The highest BCUT2D eigenvalue weighted by Gasteiger charge is 2.32. The molecule has 1 N–H and O–H groups in total. The highest BCUT2D eigenvalue weighted by atomic mass is 32.2. The Morgan fingerprint density at radius 2 is 1.49 bits per heavy atom. The first-order chi connectivity index (χ1) is 17.5. The second-order valence-corrected chi connectivity index (χ2v) is 10.7. The van der Waals surface area contributed by atoms with Crippen molar-refractivity contribution in [3.8, 4) is 0 Å². The molecule has 3 aromatic carbocycles. The zero-order valence-electron chi connectivity index (χ0n) is 21.4. The molecule has 196 valence electrons. The third-order valence-electron chi connectivity index (χ3n) is 6.03. The number of hydrogen-bond acceptors (Lipinski definition) is 4. The number of rotatable bonds is 10. The fraction of sp³-hybridized carbons (Fsp3) is 0.286. The minimum atomic E-state index is -4.14. The smallest absolute Gasteiger partial charge is 0.264 e. The Kier molecular flexibility index (Phi) is 9.04. The van der Waals surface area contributed by atoms with Crippen molar-refractivity contribution in [1.29, 1.82) is 0 Å². The molecule has 0 spiro atoms. The molecule has 3 aromatic rings. The lowest BCUT2D eigenvalue weighted by Gasteiger charge is -2.32. The molecule has 0 aliphatic rings. The zero-order chi connectivity index (χ0) is 27.2. The lowest BCUT2D eigenvalue weighted by Crippen LogP contribution is -2.51. The predicted octanol–water partition coefficient (Wildman–Crippen LogP) is 4.19. The van der Waals surface area contributed by atoms with Gasteiger partial charge in [0.05, 0.1) is 10.6 Å². The number of halogens is 1. The molecule has 9 heteroatoms. The van der Waals surface area contributed by atoms with Crippen LogP contribution >= 0.6 is 0 Å². The van der Waals surface area contributed by atoms with Crippen LogP contribution in [0.1, 0.15) is 30.5 Å². The number of likely N-dealkylation sites (N-methyl/N-ethyl adjacent to an activating group) is 1. The summed E-state index contributed by atoms with van der Waals surface area (Å²) >= 11 is 0. The van der Waals surface area contributed by atoms with Gasteiger partial charge in [0.25, 0.3) is 10.0 Å². The van der Waals surface area contributed by atoms with Crippen LogP contribution in [0, 0.1) is 19.7 Å². The first kappa shape index (κ1) is 27.9. The van der Waals surface area contributed by atoms with E-state index in [9.17, 15) is 22.4 Å². The van der Waals surface area contributed by atoms with Gasteiger partial charge in [-0.3, -0.25) is 13.9 Å². The number of nitrogens with one attached hydrogen (secondary N) is 1. The van der Waals surface area contributed by atoms with Gasteiger partial charge in [-0.25, -0.2) is 12.8 Å². The monoisotopic (exact) mass is 525 g/mol. The number of carbonyl (C=O) groups is 2. The highest BCUT2D eigenvalue weighted by Crippen LogP contribution is 2.25. The van der Waals surface area contributed by atoms with Crippen molar-refractivity contribution < 1.29 is 22.4 Å². The van der Waals surface area contributed by atoms with E-state index in [2.05, 4.69) is 5.32 Å². The van der Waals surface area contributed by atoms with Gasteiger partial charge in [0, 0.05) is 18.7 Å². The summed E-state index contributed by atoms with van der Waals surface area (Å²) in [6.07, 6.45) is 0. The standard InChI is InChI=1S/C28H32FN3O4S/c1-5-30-28(34)22(4)31(18-23-8-6-7-9-26(23)29)27(33)19-32(24-14-10-20(2)11-15-24)37(35,36)25-16-12-21(3)13-17-25/h6-17,22H,5,18-19H2,1-4H3,(H,30,34)/t22-/m1/s1. The molecule has 0 bridgehead atoms. The van der Waals surface area contributed by atoms with Crippen LogP contribution in [0.4, 0.5) is 10.1 Å². The van der Waals surface area contributed by atoms with Gasteiger partial charge < -0.3 is 10.2 Å². The molecular formula is C28H32FN3O4S. The van der Waals surface area contributed by atoms with Crippen molar-refractivity contribution in [3.63, 3.8) is 0 Å². The topological polar surface area (TPSA) is 86.8 Å². The van der Waals surface area contributed by atoms with Gasteiger partial charge in [-0.2, -0.15) is 0 Å². The minimum Gasteiger partial charge on any atom is -0.355 e. The van der Waals surface area contributed by atoms with Crippen molar-refractivity contribution >= 4 is 27.5 Å². The zero-order valence-corrected chi connectivity index (χ0v) is 22.3. The van der Waals surface area contributed by atoms with E-state index in [-0.39, 0.29) is 17.0 Å². The van der Waals surface area contributed by atoms with Gasteiger partial charge in [0.1, 0.15) is 18.4 Å². The maximum Gasteiger partial charge on any atom is 0.264 e. The van der Waals surface area contributed by atoms with Crippen LogP contribution < -0.4 is 9.62 Å². The van der Waals surface area contributed by atoms with Crippen molar-refractivity contribution in [3.05, 3.63) is 95.3 Å². The fourth-order valence-electron chi connectivity index (χ4n) is 3.79. The SMILES string of the molecule is CCNC(=O)[C@@H](C)N(Cc1ccccc1F)C(=O)CN(c1ccc(C)cc1)S(=O)(=O)c1ccc(C)cc1. The Hall–Kier alpha value is -3.72. The average Bonchev–Trinajstić information content (AvgIpc) is 2.87. The number of aryl methyl sites for hydroxylation is 2. The Labute approximate surface area is 218 Å². The van der Waals surface area contributed by atoms with Crippen LogP contribution in [0.15, 0.2) is 77.7 Å². The predicted molar refractivity (Wildman–Crippen MR) is 142 cm³/mol. The van der Waals surface area contributed by atoms with E-state index >= 15 is 0 Å². The molecule has 37 heavy (non-hydrogen) atoms. The van der Waals surface area contributed by atoms with E-state index in [1.165, 1.54) is 42.2 Å². The molecule has 0 saturated heterocycles. The minimum absolute atomic E-state index is 0.0314. The molecule has 0 radical (unpaired) electrons. The molecule has 3 rings (SSSR count). The van der Waals surface area contributed by atoms with Crippen molar-refractivity contribution in [2.24, 2.45) is 0 Å². The van der Waals surface area contributed by atoms with E-state index in [0.29, 0.717) is 12.2 Å². The summed E-state index contributed by atoms with van der Waals surface area (Å²) in [5, 5.41) is 2.68. The normalized spacial score (nSPS) is 12.0. The third-order valence-corrected chi connectivity index (χ3v) is 7.81. The molecule has 0 heterocycles. The number of carbonyl (C=O) groups excluding carboxylic acids is 2. The van der Waals surface area contributed by atoms with Crippen molar-refractivity contribution in [2.75, 3.05) is 17.4 Å². The van der Waals surface area contributed by atoms with Crippen LogP contribution in [0.3, 0.4) is 0 Å². The number of hydrogen-bond donors (Lipinski definition) is 1. The van der Waals surface area contributed by atoms with Gasteiger partial charge in [0.2, 0.25) is 11.8 Å². The fourth-order valence-corrected chi connectivity index (χ4v) is 5.21. The molecular weight excluding hydrogens is 493 g/mol. The van der Waals surface area contributed by atoms with E-state index in [1.54, 1.807) is 49.4 Å². The van der Waals surface area contributed by atoms with E-state index < -0.39 is 40.2 Å². The number of sulfonamides is 1. The summed E-state index contributed by atoms with van der Waals surface area (Å²) in [5.74, 6) is -1.58. The second-order valence-electron chi connectivity index (χ2n) is 8.84. The van der Waals surface area contributed by atoms with Crippen LogP contribution in [-0.4, -0.2) is 44.3 Å². The summed E-state index contributed by atoms with van der Waals surface area (Å²) in [4.78, 5) is 27.6. The molecule has 0 aliphatic heterocycles. The molecule has 1 atom stereocenters. The highest BCUT2D eigenvalue weighted by molar-refractivity contribution is 7.92. The quantitative estimate of drug-likeness (QED) is 0.430. The van der Waals surface area contributed by atoms with Crippen molar-refractivity contribution in [1.82, 2.24) is 10.2 Å².